The lowest BCUT2D eigenvalue weighted by molar-refractivity contribution is -0.128. The lowest BCUT2D eigenvalue weighted by Crippen LogP contribution is -2.33. The van der Waals surface area contributed by atoms with Gasteiger partial charge in [-0.2, -0.15) is 0 Å². The first kappa shape index (κ1) is 19.1. The molecule has 4 rings (SSSR count). The van der Waals surface area contributed by atoms with Crippen LogP contribution in [0.2, 0.25) is 0 Å². The Labute approximate surface area is 171 Å². The number of likely N-dealkylation sites (tertiary alicyclic amines) is 1. The van der Waals surface area contributed by atoms with Crippen LogP contribution >= 0.6 is 0 Å². The molecule has 29 heavy (non-hydrogen) atoms. The molecule has 1 atom stereocenters. The molecular formula is C23H25N5O. The fourth-order valence-electron chi connectivity index (χ4n) is 3.48. The number of benzene rings is 1. The Bertz CT molecular complexity index is 988. The number of carbonyl (C=O) groups is 1. The van der Waals surface area contributed by atoms with Gasteiger partial charge in [-0.1, -0.05) is 42.8 Å². The average Bonchev–Trinajstić information content (AvgIpc) is 3.09. The number of carbonyl (C=O) groups excluding carboxylic acids is 1. The third-order valence-electron chi connectivity index (χ3n) is 5.15. The van der Waals surface area contributed by atoms with E-state index in [-0.39, 0.29) is 11.9 Å². The molecule has 6 nitrogen and oxygen atoms in total. The van der Waals surface area contributed by atoms with E-state index in [1.54, 1.807) is 6.20 Å². The topological polar surface area (TPSA) is 71.0 Å². The fourth-order valence-corrected chi connectivity index (χ4v) is 3.48. The molecule has 1 amide bonds. The Morgan fingerprint density at radius 2 is 1.97 bits per heavy atom. The number of aryl methyl sites for hydroxylation is 2. The van der Waals surface area contributed by atoms with Crippen LogP contribution in [0.25, 0.3) is 11.5 Å². The summed E-state index contributed by atoms with van der Waals surface area (Å²) in [7, 11) is 0. The number of pyridine rings is 1. The summed E-state index contributed by atoms with van der Waals surface area (Å²) in [5.41, 5.74) is 4.02. The molecular weight excluding hydrogens is 362 g/mol. The Hall–Kier alpha value is -3.28. The smallest absolute Gasteiger partial charge is 0.245 e. The lowest BCUT2D eigenvalue weighted by Gasteiger charge is -2.18. The number of nitrogens with zero attached hydrogens (tertiary/aromatic N) is 4. The van der Waals surface area contributed by atoms with Gasteiger partial charge < -0.3 is 10.2 Å². The van der Waals surface area contributed by atoms with Crippen molar-refractivity contribution in [2.24, 2.45) is 0 Å². The van der Waals surface area contributed by atoms with Crippen molar-refractivity contribution in [3.05, 3.63) is 71.5 Å². The number of hydrogen-bond donors (Lipinski definition) is 1. The Balaban J connectivity index is 1.49. The molecule has 0 radical (unpaired) electrons. The molecule has 3 heterocycles. The highest BCUT2D eigenvalue weighted by molar-refractivity contribution is 5.86. The average molecular weight is 387 g/mol. The van der Waals surface area contributed by atoms with Crippen LogP contribution in [0.15, 0.2) is 54.7 Å². The van der Waals surface area contributed by atoms with E-state index in [1.807, 2.05) is 29.2 Å². The second-order valence-corrected chi connectivity index (χ2v) is 7.37. The molecule has 1 aromatic carbocycles. The highest BCUT2D eigenvalue weighted by Crippen LogP contribution is 2.21. The standard InChI is InChI=1S/C23H25N5O/c1-3-18-14-21(27-22(25-18)19-6-4-5-12-24-19)26-20-11-13-28(23(20)29)15-17-9-7-16(2)8-10-17/h4-10,12,14,20H,3,11,13,15H2,1-2H3,(H,25,26,27). The van der Waals surface area contributed by atoms with Gasteiger partial charge in [-0.05, 0) is 37.5 Å². The van der Waals surface area contributed by atoms with Gasteiger partial charge in [0.2, 0.25) is 5.91 Å². The minimum absolute atomic E-state index is 0.113. The van der Waals surface area contributed by atoms with Crippen molar-refractivity contribution in [2.75, 3.05) is 11.9 Å². The number of amides is 1. The minimum atomic E-state index is -0.267. The third-order valence-corrected chi connectivity index (χ3v) is 5.15. The normalized spacial score (nSPS) is 16.3. The Morgan fingerprint density at radius 1 is 1.14 bits per heavy atom. The second-order valence-electron chi connectivity index (χ2n) is 7.37. The summed E-state index contributed by atoms with van der Waals surface area (Å²) in [6.07, 6.45) is 3.28. The van der Waals surface area contributed by atoms with Gasteiger partial charge in [-0.3, -0.25) is 9.78 Å². The van der Waals surface area contributed by atoms with Gasteiger partial charge in [0.15, 0.2) is 5.82 Å². The van der Waals surface area contributed by atoms with Gasteiger partial charge in [0.1, 0.15) is 17.6 Å². The van der Waals surface area contributed by atoms with Gasteiger partial charge in [0.25, 0.3) is 0 Å². The summed E-state index contributed by atoms with van der Waals surface area (Å²) in [6, 6.07) is 15.7. The largest absolute Gasteiger partial charge is 0.358 e. The summed E-state index contributed by atoms with van der Waals surface area (Å²) in [4.78, 5) is 28.4. The van der Waals surface area contributed by atoms with Crippen molar-refractivity contribution in [3.63, 3.8) is 0 Å². The van der Waals surface area contributed by atoms with Crippen LogP contribution in [0, 0.1) is 6.92 Å². The number of hydrogen-bond acceptors (Lipinski definition) is 5. The van der Waals surface area contributed by atoms with E-state index in [9.17, 15) is 4.79 Å². The highest BCUT2D eigenvalue weighted by Gasteiger charge is 2.31. The first-order valence-corrected chi connectivity index (χ1v) is 10.0. The summed E-state index contributed by atoms with van der Waals surface area (Å²) in [6.45, 7) is 5.50. The summed E-state index contributed by atoms with van der Waals surface area (Å²) in [5.74, 6) is 1.36. The van der Waals surface area contributed by atoms with E-state index >= 15 is 0 Å². The predicted octanol–water partition coefficient (Wildman–Crippen LogP) is 3.62. The number of rotatable bonds is 6. The third kappa shape index (κ3) is 4.42. The van der Waals surface area contributed by atoms with Crippen molar-refractivity contribution >= 4 is 11.7 Å². The van der Waals surface area contributed by atoms with E-state index in [0.717, 1.165) is 36.3 Å². The van der Waals surface area contributed by atoms with Crippen molar-refractivity contribution in [2.45, 2.75) is 39.3 Å². The molecule has 1 N–H and O–H groups in total. The molecule has 1 aliphatic rings. The van der Waals surface area contributed by atoms with Gasteiger partial charge >= 0.3 is 0 Å². The zero-order valence-electron chi connectivity index (χ0n) is 16.8. The van der Waals surface area contributed by atoms with E-state index in [2.05, 4.69) is 58.4 Å². The SMILES string of the molecule is CCc1cc(NC2CCN(Cc3ccc(C)cc3)C2=O)nc(-c2ccccn2)n1. The number of aromatic nitrogens is 3. The van der Waals surface area contributed by atoms with Gasteiger partial charge in [-0.25, -0.2) is 9.97 Å². The molecule has 0 spiro atoms. The fraction of sp³-hybridized carbons (Fsp3) is 0.304. The van der Waals surface area contributed by atoms with Gasteiger partial charge in [-0.15, -0.1) is 0 Å². The summed E-state index contributed by atoms with van der Waals surface area (Å²) >= 11 is 0. The number of nitrogens with one attached hydrogen (secondary N) is 1. The second kappa shape index (κ2) is 8.39. The zero-order chi connectivity index (χ0) is 20.2. The molecule has 0 aliphatic carbocycles. The van der Waals surface area contributed by atoms with Gasteiger partial charge in [0, 0.05) is 31.0 Å². The summed E-state index contributed by atoms with van der Waals surface area (Å²) < 4.78 is 0. The maximum Gasteiger partial charge on any atom is 0.245 e. The quantitative estimate of drug-likeness (QED) is 0.699. The molecule has 0 bridgehead atoms. The molecule has 3 aromatic rings. The van der Waals surface area contributed by atoms with Crippen LogP contribution in [0.1, 0.15) is 30.2 Å². The van der Waals surface area contributed by atoms with E-state index < -0.39 is 0 Å². The molecule has 1 aliphatic heterocycles. The van der Waals surface area contributed by atoms with Crippen LogP contribution in [-0.2, 0) is 17.8 Å². The Morgan fingerprint density at radius 3 is 2.69 bits per heavy atom. The maximum absolute atomic E-state index is 12.9. The molecule has 2 aromatic heterocycles. The first-order chi connectivity index (χ1) is 14.1. The van der Waals surface area contributed by atoms with E-state index in [0.29, 0.717) is 18.2 Å². The van der Waals surface area contributed by atoms with Gasteiger partial charge in [0.05, 0.1) is 0 Å². The maximum atomic E-state index is 12.9. The lowest BCUT2D eigenvalue weighted by atomic mass is 10.1. The van der Waals surface area contributed by atoms with Crippen molar-refractivity contribution in [1.82, 2.24) is 19.9 Å². The van der Waals surface area contributed by atoms with Crippen LogP contribution in [0.4, 0.5) is 5.82 Å². The Kier molecular flexibility index (Phi) is 5.51. The monoisotopic (exact) mass is 387 g/mol. The van der Waals surface area contributed by atoms with Crippen LogP contribution in [0.5, 0.6) is 0 Å². The van der Waals surface area contributed by atoms with Crippen molar-refractivity contribution in [1.29, 1.82) is 0 Å². The zero-order valence-corrected chi connectivity index (χ0v) is 16.8. The minimum Gasteiger partial charge on any atom is -0.358 e. The van der Waals surface area contributed by atoms with E-state index in [4.69, 9.17) is 0 Å². The molecule has 0 saturated carbocycles. The number of anilines is 1. The highest BCUT2D eigenvalue weighted by atomic mass is 16.2. The summed E-state index contributed by atoms with van der Waals surface area (Å²) in [5, 5.41) is 3.33. The molecule has 1 unspecified atom stereocenters. The predicted molar refractivity (Wildman–Crippen MR) is 113 cm³/mol. The van der Waals surface area contributed by atoms with Crippen molar-refractivity contribution < 1.29 is 4.79 Å². The first-order valence-electron chi connectivity index (χ1n) is 10.0. The van der Waals surface area contributed by atoms with Crippen LogP contribution in [0.3, 0.4) is 0 Å². The molecule has 1 fully saturated rings. The molecule has 148 valence electrons. The van der Waals surface area contributed by atoms with Crippen molar-refractivity contribution in [3.8, 4) is 11.5 Å². The van der Waals surface area contributed by atoms with E-state index in [1.165, 1.54) is 5.56 Å². The molecule has 1 saturated heterocycles. The van der Waals surface area contributed by atoms with Crippen LogP contribution < -0.4 is 5.32 Å². The molecule has 6 heteroatoms. The van der Waals surface area contributed by atoms with Crippen LogP contribution in [-0.4, -0.2) is 38.3 Å².